The molecule has 2 unspecified atom stereocenters. The van der Waals surface area contributed by atoms with Crippen molar-refractivity contribution in [2.24, 2.45) is 11.7 Å². The summed E-state index contributed by atoms with van der Waals surface area (Å²) in [5, 5.41) is 0. The third-order valence-electron chi connectivity index (χ3n) is 3.26. The van der Waals surface area contributed by atoms with Crippen LogP contribution >= 0.6 is 0 Å². The van der Waals surface area contributed by atoms with E-state index in [0.29, 0.717) is 5.92 Å². The first-order chi connectivity index (χ1) is 7.36. The molecule has 0 radical (unpaired) electrons. The second-order valence-electron chi connectivity index (χ2n) is 4.13. The summed E-state index contributed by atoms with van der Waals surface area (Å²) in [5.41, 5.74) is 8.51. The highest BCUT2D eigenvalue weighted by Gasteiger charge is 2.29. The highest BCUT2D eigenvalue weighted by molar-refractivity contribution is 5.30. The maximum atomic E-state index is 5.80. The number of hydrogen-bond donors (Lipinski definition) is 1. The van der Waals surface area contributed by atoms with Crippen LogP contribution in [-0.2, 0) is 11.2 Å². The number of aryl methyl sites for hydroxylation is 1. The summed E-state index contributed by atoms with van der Waals surface area (Å²) < 4.78 is 5.80. The molecule has 1 aromatic carbocycles. The lowest BCUT2D eigenvalue weighted by Gasteiger charge is -2.19. The third-order valence-corrected chi connectivity index (χ3v) is 3.26. The first-order valence-corrected chi connectivity index (χ1v) is 5.76. The molecule has 2 atom stereocenters. The van der Waals surface area contributed by atoms with Crippen molar-refractivity contribution in [3.63, 3.8) is 0 Å². The lowest BCUT2D eigenvalue weighted by atomic mass is 9.91. The molecular weight excluding hydrogens is 186 g/mol. The Morgan fingerprint density at radius 1 is 1.40 bits per heavy atom. The zero-order chi connectivity index (χ0) is 10.7. The van der Waals surface area contributed by atoms with Crippen molar-refractivity contribution in [3.8, 4) is 0 Å². The lowest BCUT2D eigenvalue weighted by molar-refractivity contribution is 0.0918. The number of hydrogen-bond acceptors (Lipinski definition) is 2. The molecule has 2 heteroatoms. The largest absolute Gasteiger partial charge is 0.373 e. The fraction of sp³-hybridized carbons (Fsp3) is 0.538. The summed E-state index contributed by atoms with van der Waals surface area (Å²) in [7, 11) is 0. The second kappa shape index (κ2) is 4.77. The molecule has 15 heavy (non-hydrogen) atoms. The van der Waals surface area contributed by atoms with Crippen molar-refractivity contribution < 1.29 is 4.74 Å². The van der Waals surface area contributed by atoms with E-state index in [1.165, 1.54) is 11.1 Å². The summed E-state index contributed by atoms with van der Waals surface area (Å²) >= 11 is 0. The van der Waals surface area contributed by atoms with Crippen molar-refractivity contribution in [3.05, 3.63) is 35.4 Å². The molecule has 0 aromatic heterocycles. The second-order valence-corrected chi connectivity index (χ2v) is 4.13. The number of rotatable bonds is 3. The van der Waals surface area contributed by atoms with E-state index in [9.17, 15) is 0 Å². The fourth-order valence-electron chi connectivity index (χ4n) is 2.35. The third kappa shape index (κ3) is 2.06. The molecule has 0 spiro atoms. The van der Waals surface area contributed by atoms with Gasteiger partial charge in [-0.1, -0.05) is 31.2 Å². The van der Waals surface area contributed by atoms with Crippen LogP contribution in [0.5, 0.6) is 0 Å². The van der Waals surface area contributed by atoms with Crippen molar-refractivity contribution >= 4 is 0 Å². The van der Waals surface area contributed by atoms with Crippen LogP contribution < -0.4 is 5.73 Å². The molecule has 2 N–H and O–H groups in total. The van der Waals surface area contributed by atoms with E-state index in [1.54, 1.807) is 0 Å². The summed E-state index contributed by atoms with van der Waals surface area (Å²) in [6.45, 7) is 3.76. The molecule has 0 amide bonds. The Morgan fingerprint density at radius 3 is 2.93 bits per heavy atom. The van der Waals surface area contributed by atoms with Gasteiger partial charge < -0.3 is 10.5 Å². The molecular formula is C13H19NO. The molecule has 2 nitrogen and oxygen atoms in total. The van der Waals surface area contributed by atoms with Gasteiger partial charge in [-0.15, -0.1) is 0 Å². The molecule has 1 fully saturated rings. The minimum atomic E-state index is 0.228. The summed E-state index contributed by atoms with van der Waals surface area (Å²) in [4.78, 5) is 0. The van der Waals surface area contributed by atoms with Gasteiger partial charge in [-0.2, -0.15) is 0 Å². The molecule has 82 valence electrons. The summed E-state index contributed by atoms with van der Waals surface area (Å²) in [6.07, 6.45) is 2.39. The zero-order valence-corrected chi connectivity index (χ0v) is 9.28. The van der Waals surface area contributed by atoms with E-state index in [2.05, 4.69) is 31.2 Å². The Balaban J connectivity index is 2.27. The highest BCUT2D eigenvalue weighted by Crippen LogP contribution is 2.35. The molecule has 0 bridgehead atoms. The Morgan fingerprint density at radius 2 is 2.20 bits per heavy atom. The predicted octanol–water partition coefficient (Wildman–Crippen LogP) is 2.29. The van der Waals surface area contributed by atoms with Crippen molar-refractivity contribution in [1.82, 2.24) is 0 Å². The topological polar surface area (TPSA) is 35.2 Å². The van der Waals surface area contributed by atoms with Gasteiger partial charge in [0, 0.05) is 12.5 Å². The van der Waals surface area contributed by atoms with E-state index in [0.717, 1.165) is 26.0 Å². The molecule has 1 aliphatic rings. The lowest BCUT2D eigenvalue weighted by Crippen LogP contribution is -2.18. The molecule has 1 aliphatic heterocycles. The smallest absolute Gasteiger partial charge is 0.0868 e. The average molecular weight is 205 g/mol. The monoisotopic (exact) mass is 205 g/mol. The molecule has 1 saturated heterocycles. The Kier molecular flexibility index (Phi) is 3.39. The van der Waals surface area contributed by atoms with Gasteiger partial charge in [0.25, 0.3) is 0 Å². The fourth-order valence-corrected chi connectivity index (χ4v) is 2.35. The minimum Gasteiger partial charge on any atom is -0.373 e. The first-order valence-electron chi connectivity index (χ1n) is 5.76. The predicted molar refractivity (Wildman–Crippen MR) is 61.7 cm³/mol. The van der Waals surface area contributed by atoms with Crippen LogP contribution in [0.3, 0.4) is 0 Å². The van der Waals surface area contributed by atoms with Gasteiger partial charge in [-0.3, -0.25) is 0 Å². The van der Waals surface area contributed by atoms with Crippen molar-refractivity contribution in [1.29, 1.82) is 0 Å². The molecule has 1 aromatic rings. The summed E-state index contributed by atoms with van der Waals surface area (Å²) in [5.74, 6) is 0.498. The van der Waals surface area contributed by atoms with Gasteiger partial charge >= 0.3 is 0 Å². The van der Waals surface area contributed by atoms with Crippen LogP contribution in [0.4, 0.5) is 0 Å². The van der Waals surface area contributed by atoms with E-state index >= 15 is 0 Å². The Bertz CT molecular complexity index is 324. The highest BCUT2D eigenvalue weighted by atomic mass is 16.5. The molecule has 0 saturated carbocycles. The van der Waals surface area contributed by atoms with Crippen LogP contribution in [0.15, 0.2) is 24.3 Å². The van der Waals surface area contributed by atoms with E-state index < -0.39 is 0 Å². The number of nitrogens with two attached hydrogens (primary N) is 1. The van der Waals surface area contributed by atoms with Gasteiger partial charge in [-0.25, -0.2) is 0 Å². The standard InChI is InChI=1S/C13H19NO/c1-2-10-5-3-4-6-12(10)13-11(9-14)7-8-15-13/h3-6,11,13H,2,7-9,14H2,1H3. The quantitative estimate of drug-likeness (QED) is 0.821. The maximum absolute atomic E-state index is 5.80. The molecule has 2 rings (SSSR count). The number of ether oxygens (including phenoxy) is 1. The van der Waals surface area contributed by atoms with Crippen LogP contribution in [0.2, 0.25) is 0 Å². The summed E-state index contributed by atoms with van der Waals surface area (Å²) in [6, 6.07) is 8.54. The normalized spacial score (nSPS) is 25.7. The first kappa shape index (κ1) is 10.7. The van der Waals surface area contributed by atoms with Gasteiger partial charge in [-0.05, 0) is 30.5 Å². The Labute approximate surface area is 91.4 Å². The minimum absolute atomic E-state index is 0.228. The zero-order valence-electron chi connectivity index (χ0n) is 9.28. The van der Waals surface area contributed by atoms with Gasteiger partial charge in [0.2, 0.25) is 0 Å². The SMILES string of the molecule is CCc1ccccc1C1OCCC1CN. The van der Waals surface area contributed by atoms with Crippen LogP contribution in [0, 0.1) is 5.92 Å². The maximum Gasteiger partial charge on any atom is 0.0868 e. The van der Waals surface area contributed by atoms with Crippen LogP contribution in [0.25, 0.3) is 0 Å². The van der Waals surface area contributed by atoms with Crippen LogP contribution in [0.1, 0.15) is 30.6 Å². The van der Waals surface area contributed by atoms with Gasteiger partial charge in [0.05, 0.1) is 6.10 Å². The van der Waals surface area contributed by atoms with E-state index in [-0.39, 0.29) is 6.10 Å². The molecule has 1 heterocycles. The number of benzene rings is 1. The average Bonchev–Trinajstić information content (AvgIpc) is 2.76. The van der Waals surface area contributed by atoms with Crippen LogP contribution in [-0.4, -0.2) is 13.2 Å². The van der Waals surface area contributed by atoms with E-state index in [1.807, 2.05) is 0 Å². The Hall–Kier alpha value is -0.860. The van der Waals surface area contributed by atoms with Gasteiger partial charge in [0.1, 0.15) is 0 Å². The van der Waals surface area contributed by atoms with Crippen molar-refractivity contribution in [2.75, 3.05) is 13.2 Å². The van der Waals surface area contributed by atoms with Crippen molar-refractivity contribution in [2.45, 2.75) is 25.9 Å². The van der Waals surface area contributed by atoms with Gasteiger partial charge in [0.15, 0.2) is 0 Å². The van der Waals surface area contributed by atoms with E-state index in [4.69, 9.17) is 10.5 Å². The molecule has 0 aliphatic carbocycles.